The molecule has 4 nitrogen and oxygen atoms in total. The molecule has 0 bridgehead atoms. The summed E-state index contributed by atoms with van der Waals surface area (Å²) in [6.07, 6.45) is 0.960. The van der Waals surface area contributed by atoms with Gasteiger partial charge in [0.25, 0.3) is 0 Å². The molecule has 1 aromatic rings. The molecule has 2 N–H and O–H groups in total. The minimum Gasteiger partial charge on any atom is -0.399 e. The number of hydrogen-bond acceptors (Lipinski definition) is 3. The van der Waals surface area contributed by atoms with E-state index in [2.05, 4.69) is 13.8 Å². The number of nitrogens with zero attached hydrogens (tertiary/aromatic N) is 1. The molecule has 0 amide bonds. The Bertz CT molecular complexity index is 526. The molecule has 0 saturated carbocycles. The summed E-state index contributed by atoms with van der Waals surface area (Å²) in [5.41, 5.74) is 6.92. The Morgan fingerprint density at radius 3 is 2.47 bits per heavy atom. The Morgan fingerprint density at radius 2 is 1.95 bits per heavy atom. The van der Waals surface area contributed by atoms with Crippen LogP contribution >= 0.6 is 0 Å². The molecule has 1 rings (SSSR count). The molecule has 19 heavy (non-hydrogen) atoms. The Labute approximate surface area is 116 Å². The highest BCUT2D eigenvalue weighted by molar-refractivity contribution is 7.89. The van der Waals surface area contributed by atoms with Crippen molar-refractivity contribution < 1.29 is 8.42 Å². The van der Waals surface area contributed by atoms with Gasteiger partial charge < -0.3 is 5.73 Å². The van der Waals surface area contributed by atoms with Crippen molar-refractivity contribution in [3.63, 3.8) is 0 Å². The fourth-order valence-electron chi connectivity index (χ4n) is 1.91. The molecule has 0 radical (unpaired) electrons. The first-order valence-corrected chi connectivity index (χ1v) is 8.13. The second kappa shape index (κ2) is 6.39. The Hall–Kier alpha value is -1.07. The summed E-state index contributed by atoms with van der Waals surface area (Å²) in [6.45, 7) is 8.80. The Kier molecular flexibility index (Phi) is 5.38. The van der Waals surface area contributed by atoms with Gasteiger partial charge in [0.2, 0.25) is 10.0 Å². The monoisotopic (exact) mass is 284 g/mol. The van der Waals surface area contributed by atoms with Crippen LogP contribution in [0, 0.1) is 12.8 Å². The van der Waals surface area contributed by atoms with Gasteiger partial charge in [0.05, 0.1) is 4.90 Å². The molecule has 1 atom stereocenters. The molecule has 0 fully saturated rings. The summed E-state index contributed by atoms with van der Waals surface area (Å²) in [4.78, 5) is 0.317. The lowest BCUT2D eigenvalue weighted by Gasteiger charge is -2.24. The molecule has 1 unspecified atom stereocenters. The van der Waals surface area contributed by atoms with Crippen LogP contribution in [0.5, 0.6) is 0 Å². The molecule has 0 heterocycles. The maximum absolute atomic E-state index is 12.7. The van der Waals surface area contributed by atoms with E-state index >= 15 is 0 Å². The van der Waals surface area contributed by atoms with Crippen LogP contribution in [0.1, 0.15) is 32.8 Å². The minimum absolute atomic E-state index is 0.317. The van der Waals surface area contributed by atoms with E-state index in [9.17, 15) is 8.42 Å². The third kappa shape index (κ3) is 3.70. The number of nitrogens with two attached hydrogens (primary N) is 1. The van der Waals surface area contributed by atoms with E-state index in [0.717, 1.165) is 12.0 Å². The first-order valence-electron chi connectivity index (χ1n) is 6.69. The highest BCUT2D eigenvalue weighted by atomic mass is 32.2. The normalized spacial score (nSPS) is 13.7. The van der Waals surface area contributed by atoms with Gasteiger partial charge >= 0.3 is 0 Å². The van der Waals surface area contributed by atoms with E-state index in [0.29, 0.717) is 29.6 Å². The summed E-state index contributed by atoms with van der Waals surface area (Å²) >= 11 is 0. The number of sulfonamides is 1. The Morgan fingerprint density at radius 1 is 1.32 bits per heavy atom. The molecular formula is C14H24N2O2S. The zero-order valence-electron chi connectivity index (χ0n) is 12.2. The number of anilines is 1. The van der Waals surface area contributed by atoms with E-state index in [1.807, 2.05) is 6.92 Å². The largest absolute Gasteiger partial charge is 0.399 e. The van der Waals surface area contributed by atoms with Crippen molar-refractivity contribution in [3.05, 3.63) is 23.8 Å². The lowest BCUT2D eigenvalue weighted by atomic mass is 10.1. The van der Waals surface area contributed by atoms with Crippen molar-refractivity contribution in [2.24, 2.45) is 5.92 Å². The van der Waals surface area contributed by atoms with Gasteiger partial charge in [-0.25, -0.2) is 8.42 Å². The summed E-state index contributed by atoms with van der Waals surface area (Å²) in [6, 6.07) is 5.02. The third-order valence-corrected chi connectivity index (χ3v) is 5.48. The molecule has 1 aromatic carbocycles. The van der Waals surface area contributed by atoms with Crippen LogP contribution in [0.2, 0.25) is 0 Å². The molecule has 0 spiro atoms. The number of rotatable bonds is 6. The third-order valence-electron chi connectivity index (χ3n) is 3.39. The van der Waals surface area contributed by atoms with E-state index < -0.39 is 10.0 Å². The van der Waals surface area contributed by atoms with Gasteiger partial charge in [-0.1, -0.05) is 33.3 Å². The smallest absolute Gasteiger partial charge is 0.243 e. The van der Waals surface area contributed by atoms with Gasteiger partial charge in [-0.15, -0.1) is 0 Å². The summed E-state index contributed by atoms with van der Waals surface area (Å²) in [7, 11) is -3.46. The van der Waals surface area contributed by atoms with Crippen molar-refractivity contribution in [2.45, 2.75) is 39.0 Å². The van der Waals surface area contributed by atoms with Gasteiger partial charge in [0.1, 0.15) is 0 Å². The number of aryl methyl sites for hydroxylation is 1. The quantitative estimate of drug-likeness (QED) is 0.817. The Balaban J connectivity index is 3.17. The lowest BCUT2D eigenvalue weighted by molar-refractivity contribution is 0.361. The van der Waals surface area contributed by atoms with Crippen LogP contribution in [0.4, 0.5) is 5.69 Å². The first-order chi connectivity index (χ1) is 8.82. The van der Waals surface area contributed by atoms with Crippen molar-refractivity contribution >= 4 is 15.7 Å². The molecule has 108 valence electrons. The van der Waals surface area contributed by atoms with Gasteiger partial charge in [-0.3, -0.25) is 0 Å². The number of nitrogen functional groups attached to an aromatic ring is 1. The fraction of sp³-hybridized carbons (Fsp3) is 0.571. The highest BCUT2D eigenvalue weighted by Gasteiger charge is 2.25. The maximum Gasteiger partial charge on any atom is 0.243 e. The maximum atomic E-state index is 12.7. The molecule has 0 aliphatic rings. The van der Waals surface area contributed by atoms with Crippen LogP contribution < -0.4 is 5.73 Å². The van der Waals surface area contributed by atoms with E-state index in [-0.39, 0.29) is 0 Å². The average Bonchev–Trinajstić information content (AvgIpc) is 2.37. The molecular weight excluding hydrogens is 260 g/mol. The average molecular weight is 284 g/mol. The summed E-state index contributed by atoms with van der Waals surface area (Å²) in [5, 5.41) is 0. The molecule has 0 aliphatic heterocycles. The van der Waals surface area contributed by atoms with Crippen molar-refractivity contribution in [1.82, 2.24) is 4.31 Å². The zero-order valence-corrected chi connectivity index (χ0v) is 13.0. The van der Waals surface area contributed by atoms with Crippen LogP contribution in [-0.4, -0.2) is 25.8 Å². The van der Waals surface area contributed by atoms with Gasteiger partial charge in [0.15, 0.2) is 0 Å². The summed E-state index contributed by atoms with van der Waals surface area (Å²) < 4.78 is 26.8. The topological polar surface area (TPSA) is 63.4 Å². The summed E-state index contributed by atoms with van der Waals surface area (Å²) in [5.74, 6) is 0.344. The van der Waals surface area contributed by atoms with Crippen LogP contribution in [0.3, 0.4) is 0 Å². The van der Waals surface area contributed by atoms with E-state index in [4.69, 9.17) is 5.73 Å². The van der Waals surface area contributed by atoms with E-state index in [1.54, 1.807) is 25.1 Å². The fourth-order valence-corrected chi connectivity index (χ4v) is 3.74. The van der Waals surface area contributed by atoms with Crippen LogP contribution in [0.15, 0.2) is 23.1 Å². The van der Waals surface area contributed by atoms with Gasteiger partial charge in [-0.05, 0) is 30.5 Å². The minimum atomic E-state index is -3.46. The van der Waals surface area contributed by atoms with Crippen LogP contribution in [-0.2, 0) is 10.0 Å². The predicted molar refractivity (Wildman–Crippen MR) is 79.5 cm³/mol. The molecule has 5 heteroatoms. The van der Waals surface area contributed by atoms with Crippen molar-refractivity contribution in [1.29, 1.82) is 0 Å². The second-order valence-corrected chi connectivity index (χ2v) is 6.90. The van der Waals surface area contributed by atoms with Crippen LogP contribution in [0.25, 0.3) is 0 Å². The zero-order chi connectivity index (χ0) is 14.6. The number of benzene rings is 1. The number of hydrogen-bond donors (Lipinski definition) is 1. The van der Waals surface area contributed by atoms with Crippen molar-refractivity contribution in [3.8, 4) is 0 Å². The van der Waals surface area contributed by atoms with Gasteiger partial charge in [-0.2, -0.15) is 4.31 Å². The SMILES string of the molecule is CCC(C)CN(CC)S(=O)(=O)c1cc(N)ccc1C. The first kappa shape index (κ1) is 16.0. The highest BCUT2D eigenvalue weighted by Crippen LogP contribution is 2.23. The lowest BCUT2D eigenvalue weighted by Crippen LogP contribution is -2.35. The molecule has 0 aliphatic carbocycles. The standard InChI is InChI=1S/C14H24N2O2S/c1-5-11(3)10-16(6-2)19(17,18)14-9-13(15)8-7-12(14)4/h7-9,11H,5-6,10,15H2,1-4H3. The van der Waals surface area contributed by atoms with Gasteiger partial charge in [0, 0.05) is 18.8 Å². The second-order valence-electron chi connectivity index (χ2n) is 4.99. The molecule has 0 saturated heterocycles. The van der Waals surface area contributed by atoms with Crippen molar-refractivity contribution in [2.75, 3.05) is 18.8 Å². The van der Waals surface area contributed by atoms with E-state index in [1.165, 1.54) is 4.31 Å². The molecule has 0 aromatic heterocycles. The predicted octanol–water partition coefficient (Wildman–Crippen LogP) is 2.63.